The minimum atomic E-state index is -3.10. The fourth-order valence-corrected chi connectivity index (χ4v) is 7.86. The fourth-order valence-electron chi connectivity index (χ4n) is 3.73. The van der Waals surface area contributed by atoms with E-state index in [1.807, 2.05) is 60.3 Å². The summed E-state index contributed by atoms with van der Waals surface area (Å²) in [6.45, 7) is 0. The molecule has 0 N–H and O–H groups in total. The second-order valence-electron chi connectivity index (χ2n) is 7.64. The molecule has 158 valence electrons. The maximum atomic E-state index is 12.7. The molecule has 2 atom stereocenters. The zero-order valence-electron chi connectivity index (χ0n) is 16.7. The summed E-state index contributed by atoms with van der Waals surface area (Å²) in [6, 6.07) is 14.8. The molecule has 30 heavy (non-hydrogen) atoms. The normalized spacial score (nSPS) is 23.6. The lowest BCUT2D eigenvalue weighted by molar-refractivity contribution is -0.117. The largest absolute Gasteiger partial charge is 0.378 e. The number of fused-ring (bicyclic) bond motifs is 1. The molecule has 4 rings (SSSR count). The van der Waals surface area contributed by atoms with Crippen molar-refractivity contribution in [3.05, 3.63) is 59.1 Å². The van der Waals surface area contributed by atoms with Crippen LogP contribution < -0.4 is 9.80 Å². The zero-order valence-corrected chi connectivity index (χ0v) is 19.0. The Labute approximate surface area is 185 Å². The lowest BCUT2D eigenvalue weighted by Crippen LogP contribution is -2.37. The van der Waals surface area contributed by atoms with E-state index < -0.39 is 9.84 Å². The Bertz CT molecular complexity index is 1100. The SMILES string of the molecule is CN(C)c1ccc(N2C(=NC(=O)Cc3ccccc3Cl)S[C@@H]3CS(=O)(=O)C[C@H]32)cc1. The van der Waals surface area contributed by atoms with Gasteiger partial charge in [-0.1, -0.05) is 41.6 Å². The summed E-state index contributed by atoms with van der Waals surface area (Å²) in [5.74, 6) is -0.132. The molecule has 0 aromatic heterocycles. The Balaban J connectivity index is 1.64. The van der Waals surface area contributed by atoms with Gasteiger partial charge in [0.2, 0.25) is 0 Å². The van der Waals surface area contributed by atoms with Gasteiger partial charge in [-0.15, -0.1) is 0 Å². The number of aliphatic imine (C=N–C) groups is 1. The Morgan fingerprint density at radius 1 is 1.17 bits per heavy atom. The highest BCUT2D eigenvalue weighted by atomic mass is 35.5. The number of carbonyl (C=O) groups excluding carboxylic acids is 1. The average molecular weight is 464 g/mol. The van der Waals surface area contributed by atoms with Crippen LogP contribution in [-0.2, 0) is 21.1 Å². The van der Waals surface area contributed by atoms with E-state index in [0.29, 0.717) is 10.2 Å². The second-order valence-corrected chi connectivity index (χ2v) is 11.4. The zero-order chi connectivity index (χ0) is 21.5. The van der Waals surface area contributed by atoms with Gasteiger partial charge in [-0.05, 0) is 35.9 Å². The third kappa shape index (κ3) is 4.36. The molecule has 2 aromatic rings. The predicted octanol–water partition coefficient (Wildman–Crippen LogP) is 3.25. The smallest absolute Gasteiger partial charge is 0.252 e. The first-order valence-corrected chi connectivity index (χ1v) is 12.6. The summed E-state index contributed by atoms with van der Waals surface area (Å²) in [6.07, 6.45) is 0.102. The molecule has 0 radical (unpaired) electrons. The van der Waals surface area contributed by atoms with Gasteiger partial charge in [0, 0.05) is 35.7 Å². The van der Waals surface area contributed by atoms with Crippen LogP contribution in [0.2, 0.25) is 5.02 Å². The Morgan fingerprint density at radius 3 is 2.53 bits per heavy atom. The van der Waals surface area contributed by atoms with Crippen molar-refractivity contribution in [1.29, 1.82) is 0 Å². The number of amidine groups is 1. The van der Waals surface area contributed by atoms with Crippen LogP contribution in [0, 0.1) is 0 Å². The molecule has 2 fully saturated rings. The topological polar surface area (TPSA) is 70.0 Å². The molecule has 0 aliphatic carbocycles. The molecular formula is C21H22ClN3O3S2. The third-order valence-corrected chi connectivity index (χ3v) is 8.81. The van der Waals surface area contributed by atoms with Gasteiger partial charge in [0.05, 0.1) is 24.0 Å². The number of hydrogen-bond donors (Lipinski definition) is 0. The first-order valence-electron chi connectivity index (χ1n) is 9.52. The maximum absolute atomic E-state index is 12.7. The van der Waals surface area contributed by atoms with Crippen LogP contribution in [0.25, 0.3) is 0 Å². The monoisotopic (exact) mass is 463 g/mol. The quantitative estimate of drug-likeness (QED) is 0.693. The van der Waals surface area contributed by atoms with Crippen LogP contribution in [0.3, 0.4) is 0 Å². The molecule has 9 heteroatoms. The molecule has 6 nitrogen and oxygen atoms in total. The van der Waals surface area contributed by atoms with Gasteiger partial charge >= 0.3 is 0 Å². The Hall–Kier alpha value is -2.03. The van der Waals surface area contributed by atoms with Gasteiger partial charge < -0.3 is 9.80 Å². The number of nitrogens with zero attached hydrogens (tertiary/aromatic N) is 3. The number of anilines is 2. The minimum absolute atomic E-state index is 0.0673. The van der Waals surface area contributed by atoms with Crippen molar-refractivity contribution in [2.24, 2.45) is 4.99 Å². The van der Waals surface area contributed by atoms with Crippen LogP contribution >= 0.6 is 23.4 Å². The number of rotatable bonds is 4. The van der Waals surface area contributed by atoms with E-state index in [4.69, 9.17) is 11.6 Å². The van der Waals surface area contributed by atoms with Crippen LogP contribution in [0.15, 0.2) is 53.5 Å². The van der Waals surface area contributed by atoms with Gasteiger partial charge in [-0.25, -0.2) is 8.42 Å². The van der Waals surface area contributed by atoms with Crippen LogP contribution in [0.5, 0.6) is 0 Å². The molecular weight excluding hydrogens is 442 g/mol. The van der Waals surface area contributed by atoms with Crippen LogP contribution in [0.1, 0.15) is 5.56 Å². The molecule has 0 saturated carbocycles. The fraction of sp³-hybridized carbons (Fsp3) is 0.333. The van der Waals surface area contributed by atoms with Crippen molar-refractivity contribution in [3.63, 3.8) is 0 Å². The lowest BCUT2D eigenvalue weighted by Gasteiger charge is -2.25. The number of carbonyl (C=O) groups is 1. The summed E-state index contributed by atoms with van der Waals surface area (Å²) in [7, 11) is 0.816. The van der Waals surface area contributed by atoms with E-state index in [0.717, 1.165) is 16.9 Å². The van der Waals surface area contributed by atoms with Gasteiger partial charge in [-0.3, -0.25) is 4.79 Å². The molecule has 2 aromatic carbocycles. The molecule has 1 amide bonds. The number of amides is 1. The summed E-state index contributed by atoms with van der Waals surface area (Å²) in [5, 5.41) is 0.953. The number of sulfone groups is 1. The highest BCUT2D eigenvalue weighted by molar-refractivity contribution is 8.16. The lowest BCUT2D eigenvalue weighted by atomic mass is 10.1. The first kappa shape index (κ1) is 21.2. The molecule has 2 aliphatic rings. The molecule has 2 heterocycles. The first-order chi connectivity index (χ1) is 14.2. The summed E-state index contributed by atoms with van der Waals surface area (Å²) in [5.41, 5.74) is 2.60. The van der Waals surface area contributed by atoms with Gasteiger partial charge in [0.25, 0.3) is 5.91 Å². The Morgan fingerprint density at radius 2 is 1.87 bits per heavy atom. The summed E-state index contributed by atoms with van der Waals surface area (Å²) < 4.78 is 24.4. The van der Waals surface area contributed by atoms with Crippen molar-refractivity contribution >= 4 is 55.6 Å². The highest BCUT2D eigenvalue weighted by Crippen LogP contribution is 2.41. The molecule has 2 saturated heterocycles. The molecule has 0 spiro atoms. The molecule has 2 aliphatic heterocycles. The van der Waals surface area contributed by atoms with Crippen molar-refractivity contribution < 1.29 is 13.2 Å². The van der Waals surface area contributed by atoms with E-state index in [1.54, 1.807) is 12.1 Å². The molecule has 0 bridgehead atoms. The van der Waals surface area contributed by atoms with Gasteiger partial charge in [0.1, 0.15) is 0 Å². The van der Waals surface area contributed by atoms with Crippen molar-refractivity contribution in [3.8, 4) is 0 Å². The van der Waals surface area contributed by atoms with Crippen molar-refractivity contribution in [2.45, 2.75) is 17.7 Å². The molecule has 0 unspecified atom stereocenters. The summed E-state index contributed by atoms with van der Waals surface area (Å²) in [4.78, 5) is 20.9. The number of thioether (sulfide) groups is 1. The van der Waals surface area contributed by atoms with Crippen molar-refractivity contribution in [1.82, 2.24) is 0 Å². The third-order valence-electron chi connectivity index (χ3n) is 5.23. The van der Waals surface area contributed by atoms with Crippen LogP contribution in [-0.4, -0.2) is 56.4 Å². The van der Waals surface area contributed by atoms with E-state index in [2.05, 4.69) is 4.99 Å². The predicted molar refractivity (Wildman–Crippen MR) is 125 cm³/mol. The maximum Gasteiger partial charge on any atom is 0.252 e. The average Bonchev–Trinajstić information content (AvgIpc) is 3.14. The highest BCUT2D eigenvalue weighted by Gasteiger charge is 2.49. The summed E-state index contributed by atoms with van der Waals surface area (Å²) >= 11 is 7.54. The van der Waals surface area contributed by atoms with E-state index in [9.17, 15) is 13.2 Å². The van der Waals surface area contributed by atoms with Crippen molar-refractivity contribution in [2.75, 3.05) is 35.4 Å². The standard InChI is InChI=1S/C21H22ClN3O3S2/c1-24(2)15-7-9-16(10-8-15)25-18-12-30(27,28)13-19(18)29-21(25)23-20(26)11-14-5-3-4-6-17(14)22/h3-10,18-19H,11-13H2,1-2H3/t18-,19-/m1/s1. The van der Waals surface area contributed by atoms with Gasteiger partial charge in [-0.2, -0.15) is 4.99 Å². The Kier molecular flexibility index (Phi) is 5.83. The van der Waals surface area contributed by atoms with Crippen LogP contribution in [0.4, 0.5) is 11.4 Å². The van der Waals surface area contributed by atoms with E-state index in [-0.39, 0.29) is 35.1 Å². The number of hydrogen-bond acceptors (Lipinski definition) is 5. The number of halogens is 1. The second kappa shape index (κ2) is 8.24. The van der Waals surface area contributed by atoms with E-state index in [1.165, 1.54) is 11.8 Å². The van der Waals surface area contributed by atoms with Gasteiger partial charge in [0.15, 0.2) is 15.0 Å². The van der Waals surface area contributed by atoms with E-state index >= 15 is 0 Å². The number of benzene rings is 2. The minimum Gasteiger partial charge on any atom is -0.378 e.